The summed E-state index contributed by atoms with van der Waals surface area (Å²) in [7, 11) is -3.60. The summed E-state index contributed by atoms with van der Waals surface area (Å²) in [4.78, 5) is 8.09. The predicted molar refractivity (Wildman–Crippen MR) is 90.7 cm³/mol. The maximum atomic E-state index is 14.2. The molecule has 3 aromatic rings. The van der Waals surface area contributed by atoms with Crippen LogP contribution in [0.5, 0.6) is 0 Å². The first kappa shape index (κ1) is 16.3. The lowest BCUT2D eigenvalue weighted by molar-refractivity contribution is 0.571. The van der Waals surface area contributed by atoms with Crippen LogP contribution in [0.1, 0.15) is 5.69 Å². The van der Waals surface area contributed by atoms with E-state index in [-0.39, 0.29) is 4.90 Å². The van der Waals surface area contributed by atoms with Crippen LogP contribution in [0.3, 0.4) is 0 Å². The number of halogens is 1. The van der Waals surface area contributed by atoms with Crippen molar-refractivity contribution in [2.75, 3.05) is 6.26 Å². The van der Waals surface area contributed by atoms with Gasteiger partial charge in [0.05, 0.1) is 0 Å². The van der Waals surface area contributed by atoms with Gasteiger partial charge in [-0.15, -0.1) is 0 Å². The molecule has 0 saturated carbocycles. The average molecular weight is 342 g/mol. The Morgan fingerprint density at radius 3 is 2.46 bits per heavy atom. The smallest absolute Gasteiger partial charge is 0.178 e. The number of aromatic nitrogens is 2. The highest BCUT2D eigenvalue weighted by molar-refractivity contribution is 7.90. The van der Waals surface area contributed by atoms with Crippen molar-refractivity contribution < 1.29 is 12.8 Å². The quantitative estimate of drug-likeness (QED) is 0.729. The molecule has 0 radical (unpaired) electrons. The maximum absolute atomic E-state index is 14.2. The first-order valence-electron chi connectivity index (χ1n) is 7.24. The largest absolute Gasteiger partial charge is 0.264 e. The van der Waals surface area contributed by atoms with Crippen LogP contribution in [0.15, 0.2) is 59.9 Å². The molecule has 6 heteroatoms. The zero-order valence-electron chi connectivity index (χ0n) is 13.2. The van der Waals surface area contributed by atoms with E-state index in [0.717, 1.165) is 23.1 Å². The molecule has 0 bridgehead atoms. The van der Waals surface area contributed by atoms with Crippen LogP contribution in [0.4, 0.5) is 4.39 Å². The summed E-state index contributed by atoms with van der Waals surface area (Å²) < 4.78 is 37.4. The molecule has 0 unspecified atom stereocenters. The van der Waals surface area contributed by atoms with Crippen LogP contribution in [0.25, 0.3) is 22.3 Å². The van der Waals surface area contributed by atoms with Crippen LogP contribution in [-0.4, -0.2) is 24.6 Å². The van der Waals surface area contributed by atoms with Crippen molar-refractivity contribution in [2.45, 2.75) is 11.8 Å². The second-order valence-corrected chi connectivity index (χ2v) is 7.46. The van der Waals surface area contributed by atoms with E-state index in [2.05, 4.69) is 9.97 Å². The van der Waals surface area contributed by atoms with Crippen molar-refractivity contribution in [3.8, 4) is 22.3 Å². The highest BCUT2D eigenvalue weighted by Gasteiger charge is 2.16. The van der Waals surface area contributed by atoms with Gasteiger partial charge in [0.2, 0.25) is 0 Å². The van der Waals surface area contributed by atoms with Crippen molar-refractivity contribution >= 4 is 9.84 Å². The summed E-state index contributed by atoms with van der Waals surface area (Å²) in [6, 6.07) is 9.70. The molecular weight excluding hydrogens is 327 g/mol. The lowest BCUT2D eigenvalue weighted by atomic mass is 9.96. The van der Waals surface area contributed by atoms with Gasteiger partial charge < -0.3 is 0 Å². The van der Waals surface area contributed by atoms with E-state index in [1.807, 2.05) is 25.1 Å². The van der Waals surface area contributed by atoms with Crippen molar-refractivity contribution in [3.63, 3.8) is 0 Å². The van der Waals surface area contributed by atoms with Crippen LogP contribution in [-0.2, 0) is 9.84 Å². The van der Waals surface area contributed by atoms with Gasteiger partial charge in [-0.1, -0.05) is 12.1 Å². The monoisotopic (exact) mass is 342 g/mol. The summed E-state index contributed by atoms with van der Waals surface area (Å²) in [6.45, 7) is 1.90. The Balaban J connectivity index is 2.19. The molecule has 0 N–H and O–H groups in total. The molecule has 0 amide bonds. The van der Waals surface area contributed by atoms with Crippen molar-refractivity contribution in [2.24, 2.45) is 0 Å². The summed E-state index contributed by atoms with van der Waals surface area (Å²) in [6.07, 6.45) is 5.99. The fourth-order valence-corrected chi connectivity index (χ4v) is 3.33. The summed E-state index contributed by atoms with van der Waals surface area (Å²) >= 11 is 0. The fourth-order valence-electron chi connectivity index (χ4n) is 2.60. The van der Waals surface area contributed by atoms with Crippen LogP contribution >= 0.6 is 0 Å². The van der Waals surface area contributed by atoms with E-state index in [1.165, 1.54) is 12.1 Å². The van der Waals surface area contributed by atoms with Gasteiger partial charge >= 0.3 is 0 Å². The first-order chi connectivity index (χ1) is 11.4. The number of rotatable bonds is 3. The second-order valence-electron chi connectivity index (χ2n) is 5.47. The van der Waals surface area contributed by atoms with Crippen LogP contribution in [0.2, 0.25) is 0 Å². The molecule has 0 aliphatic heterocycles. The van der Waals surface area contributed by atoms with Gasteiger partial charge in [0.25, 0.3) is 0 Å². The molecule has 3 rings (SSSR count). The third kappa shape index (κ3) is 3.05. The molecule has 0 atom stereocenters. The minimum Gasteiger partial charge on any atom is -0.264 e. The van der Waals surface area contributed by atoms with Crippen LogP contribution < -0.4 is 0 Å². The van der Waals surface area contributed by atoms with E-state index < -0.39 is 15.7 Å². The topological polar surface area (TPSA) is 59.9 Å². The zero-order chi connectivity index (χ0) is 17.3. The van der Waals surface area contributed by atoms with Crippen molar-refractivity contribution in [1.82, 2.24) is 9.97 Å². The maximum Gasteiger partial charge on any atom is 0.178 e. The first-order valence-corrected chi connectivity index (χ1v) is 9.13. The number of aryl methyl sites for hydroxylation is 1. The summed E-state index contributed by atoms with van der Waals surface area (Å²) in [5, 5.41) is 0. The normalized spacial score (nSPS) is 11.5. The molecule has 2 heterocycles. The molecule has 0 spiro atoms. The van der Waals surface area contributed by atoms with Gasteiger partial charge in [0.1, 0.15) is 10.7 Å². The molecule has 4 nitrogen and oxygen atoms in total. The lowest BCUT2D eigenvalue weighted by Gasteiger charge is -2.12. The van der Waals surface area contributed by atoms with E-state index in [1.54, 1.807) is 24.7 Å². The molecule has 0 aliphatic carbocycles. The Morgan fingerprint density at radius 2 is 1.79 bits per heavy atom. The Kier molecular flexibility index (Phi) is 4.15. The van der Waals surface area contributed by atoms with Crippen molar-refractivity contribution in [3.05, 3.63) is 66.5 Å². The van der Waals surface area contributed by atoms with Gasteiger partial charge in [0.15, 0.2) is 9.84 Å². The Bertz CT molecular complexity index is 1020. The minimum absolute atomic E-state index is 0.311. The Labute approximate surface area is 140 Å². The SMILES string of the molecule is Cc1ncccc1-c1ccncc1-c1ccc(S(C)(=O)=O)c(F)c1. The third-order valence-corrected chi connectivity index (χ3v) is 4.89. The number of nitrogens with zero attached hydrogens (tertiary/aromatic N) is 2. The molecule has 122 valence electrons. The molecule has 0 fully saturated rings. The van der Waals surface area contributed by atoms with Gasteiger partial charge in [0, 0.05) is 41.7 Å². The standard InChI is InChI=1S/C18H15FN2O2S/c1-12-14(4-3-8-21-12)15-7-9-20-11-16(15)13-5-6-18(17(19)10-13)24(2,22)23/h3-11H,1-2H3. The van der Waals surface area contributed by atoms with E-state index >= 15 is 0 Å². The number of hydrogen-bond acceptors (Lipinski definition) is 4. The number of sulfone groups is 1. The molecular formula is C18H15FN2O2S. The number of pyridine rings is 2. The van der Waals surface area contributed by atoms with E-state index in [0.29, 0.717) is 11.1 Å². The predicted octanol–water partition coefficient (Wildman–Crippen LogP) is 3.66. The fraction of sp³-hybridized carbons (Fsp3) is 0.111. The molecule has 2 aromatic heterocycles. The average Bonchev–Trinajstić information content (AvgIpc) is 2.54. The Morgan fingerprint density at radius 1 is 1.00 bits per heavy atom. The lowest BCUT2D eigenvalue weighted by Crippen LogP contribution is -2.01. The zero-order valence-corrected chi connectivity index (χ0v) is 14.0. The molecule has 24 heavy (non-hydrogen) atoms. The van der Waals surface area contributed by atoms with Gasteiger partial charge in [-0.25, -0.2) is 12.8 Å². The highest BCUT2D eigenvalue weighted by atomic mass is 32.2. The molecule has 0 saturated heterocycles. The molecule has 1 aromatic carbocycles. The van der Waals surface area contributed by atoms with Gasteiger partial charge in [-0.05, 0) is 42.3 Å². The van der Waals surface area contributed by atoms with Gasteiger partial charge in [-0.3, -0.25) is 9.97 Å². The van der Waals surface area contributed by atoms with E-state index in [9.17, 15) is 12.8 Å². The summed E-state index contributed by atoms with van der Waals surface area (Å²) in [5.74, 6) is -0.771. The molecule has 0 aliphatic rings. The summed E-state index contributed by atoms with van der Waals surface area (Å²) in [5.41, 5.74) is 3.90. The highest BCUT2D eigenvalue weighted by Crippen LogP contribution is 2.33. The number of benzene rings is 1. The Hall–Kier alpha value is -2.60. The second kappa shape index (κ2) is 6.13. The van der Waals surface area contributed by atoms with Crippen LogP contribution in [0, 0.1) is 12.7 Å². The van der Waals surface area contributed by atoms with Crippen molar-refractivity contribution in [1.29, 1.82) is 0 Å². The third-order valence-electron chi connectivity index (χ3n) is 3.76. The van der Waals surface area contributed by atoms with Gasteiger partial charge in [-0.2, -0.15) is 0 Å². The van der Waals surface area contributed by atoms with E-state index in [4.69, 9.17) is 0 Å². The minimum atomic E-state index is -3.60. The number of hydrogen-bond donors (Lipinski definition) is 0.